The number of rotatable bonds is 3. The summed E-state index contributed by atoms with van der Waals surface area (Å²) >= 11 is 0. The van der Waals surface area contributed by atoms with Gasteiger partial charge in [0, 0.05) is 0 Å². The van der Waals surface area contributed by atoms with E-state index in [2.05, 4.69) is 25.7 Å². The molecule has 46 valence electrons. The van der Waals surface area contributed by atoms with Crippen molar-refractivity contribution in [3.05, 3.63) is 0 Å². The van der Waals surface area contributed by atoms with Gasteiger partial charge in [0.2, 0.25) is 0 Å². The van der Waals surface area contributed by atoms with Crippen molar-refractivity contribution in [2.75, 3.05) is 19.6 Å². The summed E-state index contributed by atoms with van der Waals surface area (Å²) in [6.45, 7) is 10.1. The van der Waals surface area contributed by atoms with Crippen molar-refractivity contribution < 1.29 is 0 Å². The van der Waals surface area contributed by atoms with E-state index in [0.29, 0.717) is 0 Å². The molecule has 0 amide bonds. The Morgan fingerprint density at radius 1 is 0.875 bits per heavy atom. The Balaban J connectivity index is 0. The Hall–Kier alpha value is 0.960. The maximum absolute atomic E-state index is 2.38. The number of nitrogens with zero attached hydrogens (tertiary/aromatic N) is 1. The SMILES string of the molecule is CCN(CC)CC.[NaH]. The third-order valence-corrected chi connectivity index (χ3v) is 1.34. The standard InChI is InChI=1S/C6H15N.Na.H/c1-4-7(5-2)6-3;;/h4-6H2,1-3H3;;. The molecular weight excluding hydrogens is 109 g/mol. The third-order valence-electron chi connectivity index (χ3n) is 1.34. The van der Waals surface area contributed by atoms with Crippen LogP contribution in [0, 0.1) is 0 Å². The average molecular weight is 125 g/mol. The predicted molar refractivity (Wildman–Crippen MR) is 40.6 cm³/mol. The second kappa shape index (κ2) is 7.96. The van der Waals surface area contributed by atoms with Crippen LogP contribution in [0.1, 0.15) is 20.8 Å². The van der Waals surface area contributed by atoms with Crippen molar-refractivity contribution in [1.82, 2.24) is 4.90 Å². The van der Waals surface area contributed by atoms with Crippen LogP contribution in [-0.2, 0) is 0 Å². The van der Waals surface area contributed by atoms with E-state index >= 15 is 0 Å². The average Bonchev–Trinajstić information content (AvgIpc) is 1.72. The molecule has 0 spiro atoms. The van der Waals surface area contributed by atoms with Crippen LogP contribution in [0.15, 0.2) is 0 Å². The van der Waals surface area contributed by atoms with Crippen LogP contribution in [0.4, 0.5) is 0 Å². The molecule has 0 atom stereocenters. The van der Waals surface area contributed by atoms with Crippen molar-refractivity contribution in [3.8, 4) is 0 Å². The summed E-state index contributed by atoms with van der Waals surface area (Å²) in [4.78, 5) is 2.38. The molecule has 0 fully saturated rings. The zero-order valence-electron chi connectivity index (χ0n) is 5.57. The fourth-order valence-corrected chi connectivity index (χ4v) is 0.671. The summed E-state index contributed by atoms with van der Waals surface area (Å²) in [5, 5.41) is 0. The summed E-state index contributed by atoms with van der Waals surface area (Å²) in [6.07, 6.45) is 0. The van der Waals surface area contributed by atoms with Crippen LogP contribution >= 0.6 is 0 Å². The molecule has 0 aliphatic rings. The van der Waals surface area contributed by atoms with Gasteiger partial charge in [-0.15, -0.1) is 0 Å². The van der Waals surface area contributed by atoms with Crippen LogP contribution in [0.2, 0.25) is 0 Å². The Bertz CT molecular complexity index is 30.0. The zero-order chi connectivity index (χ0) is 5.70. The second-order valence-electron chi connectivity index (χ2n) is 1.62. The molecule has 0 bridgehead atoms. The van der Waals surface area contributed by atoms with Gasteiger partial charge in [-0.05, 0) is 19.6 Å². The second-order valence-corrected chi connectivity index (χ2v) is 1.62. The molecule has 0 saturated heterocycles. The summed E-state index contributed by atoms with van der Waals surface area (Å²) in [6, 6.07) is 0. The van der Waals surface area contributed by atoms with E-state index in [0.717, 1.165) is 0 Å². The van der Waals surface area contributed by atoms with Gasteiger partial charge in [-0.25, -0.2) is 0 Å². The molecule has 0 aromatic heterocycles. The fourth-order valence-electron chi connectivity index (χ4n) is 0.671. The molecule has 0 saturated carbocycles. The quantitative estimate of drug-likeness (QED) is 0.502. The monoisotopic (exact) mass is 125 g/mol. The van der Waals surface area contributed by atoms with Crippen molar-refractivity contribution in [1.29, 1.82) is 0 Å². The van der Waals surface area contributed by atoms with E-state index in [-0.39, 0.29) is 29.6 Å². The van der Waals surface area contributed by atoms with E-state index in [1.807, 2.05) is 0 Å². The van der Waals surface area contributed by atoms with Gasteiger partial charge >= 0.3 is 29.6 Å². The van der Waals surface area contributed by atoms with E-state index in [1.54, 1.807) is 0 Å². The van der Waals surface area contributed by atoms with Crippen molar-refractivity contribution >= 4 is 29.6 Å². The predicted octanol–water partition coefficient (Wildman–Crippen LogP) is 0.700. The normalized spacial score (nSPS) is 9.00. The molecule has 0 rings (SSSR count). The first-order valence-electron chi connectivity index (χ1n) is 3.07. The van der Waals surface area contributed by atoms with Gasteiger partial charge in [0.15, 0.2) is 0 Å². The van der Waals surface area contributed by atoms with Gasteiger partial charge in [0.25, 0.3) is 0 Å². The molecule has 0 heterocycles. The van der Waals surface area contributed by atoms with Crippen LogP contribution in [-0.4, -0.2) is 54.1 Å². The van der Waals surface area contributed by atoms with Crippen LogP contribution in [0.5, 0.6) is 0 Å². The van der Waals surface area contributed by atoms with Gasteiger partial charge in [0.1, 0.15) is 0 Å². The molecule has 0 aromatic rings. The minimum atomic E-state index is 0. The first-order valence-corrected chi connectivity index (χ1v) is 3.07. The summed E-state index contributed by atoms with van der Waals surface area (Å²) in [7, 11) is 0. The van der Waals surface area contributed by atoms with Crippen LogP contribution < -0.4 is 0 Å². The Labute approximate surface area is 74.7 Å². The van der Waals surface area contributed by atoms with Gasteiger partial charge < -0.3 is 4.90 Å². The first-order chi connectivity index (χ1) is 3.35. The molecule has 0 N–H and O–H groups in total. The van der Waals surface area contributed by atoms with Crippen molar-refractivity contribution in [3.63, 3.8) is 0 Å². The Morgan fingerprint density at radius 2 is 1.12 bits per heavy atom. The van der Waals surface area contributed by atoms with Crippen molar-refractivity contribution in [2.24, 2.45) is 0 Å². The molecule has 1 nitrogen and oxygen atoms in total. The van der Waals surface area contributed by atoms with E-state index in [1.165, 1.54) is 19.6 Å². The van der Waals surface area contributed by atoms with Gasteiger partial charge in [-0.1, -0.05) is 20.8 Å². The van der Waals surface area contributed by atoms with E-state index in [9.17, 15) is 0 Å². The van der Waals surface area contributed by atoms with Crippen molar-refractivity contribution in [2.45, 2.75) is 20.8 Å². The topological polar surface area (TPSA) is 3.24 Å². The Kier molecular flexibility index (Phi) is 11.7. The van der Waals surface area contributed by atoms with Crippen LogP contribution in [0.25, 0.3) is 0 Å². The number of hydrogen-bond acceptors (Lipinski definition) is 1. The Morgan fingerprint density at radius 3 is 1.12 bits per heavy atom. The van der Waals surface area contributed by atoms with Gasteiger partial charge in [0.05, 0.1) is 0 Å². The van der Waals surface area contributed by atoms with Gasteiger partial charge in [-0.2, -0.15) is 0 Å². The van der Waals surface area contributed by atoms with E-state index < -0.39 is 0 Å². The molecular formula is C6H16NNa. The molecule has 8 heavy (non-hydrogen) atoms. The van der Waals surface area contributed by atoms with E-state index in [4.69, 9.17) is 0 Å². The summed E-state index contributed by atoms with van der Waals surface area (Å²) < 4.78 is 0. The summed E-state index contributed by atoms with van der Waals surface area (Å²) in [5.74, 6) is 0. The number of hydrogen-bond donors (Lipinski definition) is 0. The third kappa shape index (κ3) is 5.10. The minimum absolute atomic E-state index is 0. The molecule has 0 radical (unpaired) electrons. The molecule has 0 aliphatic carbocycles. The maximum atomic E-state index is 2.38. The molecule has 0 aliphatic heterocycles. The zero-order valence-corrected chi connectivity index (χ0v) is 5.57. The fraction of sp³-hybridized carbons (Fsp3) is 1.00. The molecule has 0 aromatic carbocycles. The molecule has 2 heteroatoms. The first kappa shape index (κ1) is 11.7. The molecule has 0 unspecified atom stereocenters. The van der Waals surface area contributed by atoms with Crippen LogP contribution in [0.3, 0.4) is 0 Å². The van der Waals surface area contributed by atoms with Gasteiger partial charge in [-0.3, -0.25) is 0 Å². The summed E-state index contributed by atoms with van der Waals surface area (Å²) in [5.41, 5.74) is 0.